The standard InChI is InChI=1S/C11H11BrF2O2/c1-3-16-11(15)8-5-4-7(6(2)12)9(13)10(8)14/h4-6H,3H2,1-2H3. The highest BCUT2D eigenvalue weighted by Gasteiger charge is 2.20. The molecule has 0 spiro atoms. The fourth-order valence-corrected chi connectivity index (χ4v) is 1.59. The molecule has 0 fully saturated rings. The molecule has 16 heavy (non-hydrogen) atoms. The molecule has 0 aliphatic rings. The quantitative estimate of drug-likeness (QED) is 0.628. The van der Waals surface area contributed by atoms with Crippen LogP contribution in [0.2, 0.25) is 0 Å². The van der Waals surface area contributed by atoms with Crippen LogP contribution in [-0.2, 0) is 4.74 Å². The van der Waals surface area contributed by atoms with Crippen LogP contribution in [0.25, 0.3) is 0 Å². The lowest BCUT2D eigenvalue weighted by Gasteiger charge is -2.09. The topological polar surface area (TPSA) is 26.3 Å². The van der Waals surface area contributed by atoms with Crippen molar-refractivity contribution in [3.8, 4) is 0 Å². The maximum absolute atomic E-state index is 13.5. The predicted octanol–water partition coefficient (Wildman–Crippen LogP) is 3.60. The first-order valence-electron chi connectivity index (χ1n) is 4.78. The van der Waals surface area contributed by atoms with Gasteiger partial charge < -0.3 is 4.74 Å². The Morgan fingerprint density at radius 1 is 1.44 bits per heavy atom. The second-order valence-electron chi connectivity index (χ2n) is 3.17. The number of alkyl halides is 1. The van der Waals surface area contributed by atoms with E-state index in [4.69, 9.17) is 0 Å². The third kappa shape index (κ3) is 2.58. The Balaban J connectivity index is 3.16. The number of carbonyl (C=O) groups excluding carboxylic acids is 1. The Bertz CT molecular complexity index is 405. The van der Waals surface area contributed by atoms with Gasteiger partial charge in [0.2, 0.25) is 0 Å². The molecule has 88 valence electrons. The number of halogens is 3. The number of esters is 1. The fraction of sp³-hybridized carbons (Fsp3) is 0.364. The SMILES string of the molecule is CCOC(=O)c1ccc(C(C)Br)c(F)c1F. The zero-order chi connectivity index (χ0) is 12.3. The summed E-state index contributed by atoms with van der Waals surface area (Å²) in [4.78, 5) is 10.9. The fourth-order valence-electron chi connectivity index (χ4n) is 1.24. The maximum atomic E-state index is 13.5. The first kappa shape index (κ1) is 13.1. The molecule has 0 amide bonds. The van der Waals surface area contributed by atoms with E-state index in [1.807, 2.05) is 0 Å². The van der Waals surface area contributed by atoms with Crippen molar-refractivity contribution in [2.75, 3.05) is 6.61 Å². The molecule has 0 aliphatic heterocycles. The molecule has 1 rings (SSSR count). The van der Waals surface area contributed by atoms with E-state index in [9.17, 15) is 13.6 Å². The van der Waals surface area contributed by atoms with E-state index in [-0.39, 0.29) is 22.6 Å². The summed E-state index contributed by atoms with van der Waals surface area (Å²) < 4.78 is 31.6. The third-order valence-corrected chi connectivity index (χ3v) is 2.53. The van der Waals surface area contributed by atoms with Crippen molar-refractivity contribution in [1.82, 2.24) is 0 Å². The van der Waals surface area contributed by atoms with Gasteiger partial charge in [0.1, 0.15) is 0 Å². The molecule has 0 aliphatic carbocycles. The average molecular weight is 293 g/mol. The number of carbonyl (C=O) groups is 1. The van der Waals surface area contributed by atoms with Gasteiger partial charge in [0.25, 0.3) is 0 Å². The normalized spacial score (nSPS) is 12.3. The predicted molar refractivity (Wildman–Crippen MR) is 59.7 cm³/mol. The first-order valence-corrected chi connectivity index (χ1v) is 5.69. The smallest absolute Gasteiger partial charge is 0.341 e. The zero-order valence-electron chi connectivity index (χ0n) is 8.89. The maximum Gasteiger partial charge on any atom is 0.341 e. The van der Waals surface area contributed by atoms with E-state index in [1.165, 1.54) is 12.1 Å². The Labute approximate surface area is 101 Å². The summed E-state index contributed by atoms with van der Waals surface area (Å²) in [7, 11) is 0. The van der Waals surface area contributed by atoms with Gasteiger partial charge in [-0.25, -0.2) is 13.6 Å². The second-order valence-corrected chi connectivity index (χ2v) is 4.54. The van der Waals surface area contributed by atoms with Crippen molar-refractivity contribution in [3.63, 3.8) is 0 Å². The van der Waals surface area contributed by atoms with E-state index in [1.54, 1.807) is 13.8 Å². The van der Waals surface area contributed by atoms with Gasteiger partial charge in [-0.05, 0) is 19.9 Å². The van der Waals surface area contributed by atoms with Crippen LogP contribution in [0.4, 0.5) is 8.78 Å². The van der Waals surface area contributed by atoms with Crippen LogP contribution >= 0.6 is 15.9 Å². The van der Waals surface area contributed by atoms with Gasteiger partial charge in [-0.1, -0.05) is 22.0 Å². The third-order valence-electron chi connectivity index (χ3n) is 2.04. The van der Waals surface area contributed by atoms with Crippen molar-refractivity contribution in [3.05, 3.63) is 34.9 Å². The van der Waals surface area contributed by atoms with Gasteiger partial charge in [0.05, 0.1) is 12.2 Å². The van der Waals surface area contributed by atoms with Crippen LogP contribution in [0, 0.1) is 11.6 Å². The molecule has 0 saturated heterocycles. The Kier molecular flexibility index (Phi) is 4.41. The zero-order valence-corrected chi connectivity index (χ0v) is 10.5. The van der Waals surface area contributed by atoms with Crippen LogP contribution < -0.4 is 0 Å². The van der Waals surface area contributed by atoms with Gasteiger partial charge >= 0.3 is 5.97 Å². The number of hydrogen-bond donors (Lipinski definition) is 0. The molecule has 2 nitrogen and oxygen atoms in total. The van der Waals surface area contributed by atoms with Gasteiger partial charge in [-0.2, -0.15) is 0 Å². The minimum Gasteiger partial charge on any atom is -0.462 e. The van der Waals surface area contributed by atoms with Gasteiger partial charge in [0, 0.05) is 10.4 Å². The molecule has 0 aromatic heterocycles. The average Bonchev–Trinajstić information content (AvgIpc) is 2.21. The largest absolute Gasteiger partial charge is 0.462 e. The lowest BCUT2D eigenvalue weighted by molar-refractivity contribution is 0.0519. The van der Waals surface area contributed by atoms with Crippen molar-refractivity contribution < 1.29 is 18.3 Å². The van der Waals surface area contributed by atoms with Crippen LogP contribution in [0.15, 0.2) is 12.1 Å². The van der Waals surface area contributed by atoms with Crippen LogP contribution in [0.3, 0.4) is 0 Å². The molecule has 1 aromatic carbocycles. The summed E-state index contributed by atoms with van der Waals surface area (Å²) in [5.74, 6) is -3.04. The summed E-state index contributed by atoms with van der Waals surface area (Å²) in [6, 6.07) is 2.59. The lowest BCUT2D eigenvalue weighted by atomic mass is 10.1. The van der Waals surface area contributed by atoms with Gasteiger partial charge in [-0.3, -0.25) is 0 Å². The number of ether oxygens (including phenoxy) is 1. The number of benzene rings is 1. The summed E-state index contributed by atoms with van der Waals surface area (Å²) in [6.45, 7) is 3.39. The molecule has 5 heteroatoms. The van der Waals surface area contributed by atoms with E-state index >= 15 is 0 Å². The minimum atomic E-state index is -1.16. The molecule has 1 unspecified atom stereocenters. The van der Waals surface area contributed by atoms with Crippen molar-refractivity contribution >= 4 is 21.9 Å². The van der Waals surface area contributed by atoms with Gasteiger partial charge in [-0.15, -0.1) is 0 Å². The summed E-state index contributed by atoms with van der Waals surface area (Å²) >= 11 is 3.14. The Hall–Kier alpha value is -0.970. The van der Waals surface area contributed by atoms with Gasteiger partial charge in [0.15, 0.2) is 11.6 Å². The first-order chi connectivity index (χ1) is 7.49. The Morgan fingerprint density at radius 3 is 2.56 bits per heavy atom. The molecule has 0 N–H and O–H groups in total. The molecule has 0 bridgehead atoms. The van der Waals surface area contributed by atoms with E-state index in [0.717, 1.165) is 0 Å². The second kappa shape index (κ2) is 5.39. The van der Waals surface area contributed by atoms with E-state index < -0.39 is 17.6 Å². The van der Waals surface area contributed by atoms with Crippen molar-refractivity contribution in [1.29, 1.82) is 0 Å². The molecule has 0 saturated carbocycles. The molecular formula is C11H11BrF2O2. The molecule has 1 atom stereocenters. The van der Waals surface area contributed by atoms with E-state index in [2.05, 4.69) is 20.7 Å². The highest BCUT2D eigenvalue weighted by atomic mass is 79.9. The molecule has 0 heterocycles. The van der Waals surface area contributed by atoms with Crippen LogP contribution in [-0.4, -0.2) is 12.6 Å². The number of rotatable bonds is 3. The summed E-state index contributed by atoms with van der Waals surface area (Å²) in [5.41, 5.74) is -0.207. The number of hydrogen-bond acceptors (Lipinski definition) is 2. The van der Waals surface area contributed by atoms with Crippen LogP contribution in [0.1, 0.15) is 34.6 Å². The lowest BCUT2D eigenvalue weighted by Crippen LogP contribution is -2.10. The van der Waals surface area contributed by atoms with Crippen molar-refractivity contribution in [2.24, 2.45) is 0 Å². The monoisotopic (exact) mass is 292 g/mol. The summed E-state index contributed by atoms with van der Waals surface area (Å²) in [5, 5.41) is 0. The molecule has 1 aromatic rings. The van der Waals surface area contributed by atoms with Crippen molar-refractivity contribution in [2.45, 2.75) is 18.7 Å². The highest BCUT2D eigenvalue weighted by molar-refractivity contribution is 9.09. The van der Waals surface area contributed by atoms with Crippen LogP contribution in [0.5, 0.6) is 0 Å². The molecular weight excluding hydrogens is 282 g/mol. The minimum absolute atomic E-state index is 0.122. The van der Waals surface area contributed by atoms with E-state index in [0.29, 0.717) is 0 Å². The molecule has 0 radical (unpaired) electrons. The summed E-state index contributed by atoms with van der Waals surface area (Å²) in [6.07, 6.45) is 0. The highest BCUT2D eigenvalue weighted by Crippen LogP contribution is 2.27. The Morgan fingerprint density at radius 2 is 2.06 bits per heavy atom.